The molecule has 1 saturated carbocycles. The maximum Gasteiger partial charge on any atom is 0.263 e. The third kappa shape index (κ3) is 9.79. The molecule has 3 N–H and O–H groups in total. The minimum Gasteiger partial charge on any atom is -0.395 e. The molecule has 1 aliphatic carbocycles. The fraction of sp³-hybridized carbons (Fsp3) is 0.800. The van der Waals surface area contributed by atoms with E-state index in [1.165, 1.54) is 51.1 Å². The van der Waals surface area contributed by atoms with E-state index in [1.54, 1.807) is 4.90 Å². The third-order valence-corrected chi connectivity index (χ3v) is 4.89. The average Bonchev–Trinajstić information content (AvgIpc) is 2.62. The number of nitrogens with zero attached hydrogens (tertiary/aromatic N) is 2. The lowest BCUT2D eigenvalue weighted by Gasteiger charge is -2.21. The molecule has 6 heteroatoms. The first-order valence-electron chi connectivity index (χ1n) is 10.1. The van der Waals surface area contributed by atoms with E-state index in [4.69, 9.17) is 10.2 Å². The van der Waals surface area contributed by atoms with Gasteiger partial charge in [-0.1, -0.05) is 57.8 Å². The molecule has 26 heavy (non-hydrogen) atoms. The van der Waals surface area contributed by atoms with Crippen molar-refractivity contribution < 1.29 is 15.0 Å². The normalized spacial score (nSPS) is 18.3. The molecule has 1 rings (SSSR count). The lowest BCUT2D eigenvalue weighted by Crippen LogP contribution is -2.36. The van der Waals surface area contributed by atoms with Crippen LogP contribution in [0.15, 0.2) is 11.8 Å². The Bertz CT molecular complexity index is 442. The number of aliphatic hydroxyl groups is 2. The number of aliphatic hydroxyl groups excluding tert-OH is 2. The van der Waals surface area contributed by atoms with E-state index >= 15 is 0 Å². The Morgan fingerprint density at radius 1 is 0.962 bits per heavy atom. The zero-order valence-corrected chi connectivity index (χ0v) is 16.0. The van der Waals surface area contributed by atoms with Crippen LogP contribution in [-0.4, -0.2) is 53.4 Å². The van der Waals surface area contributed by atoms with Gasteiger partial charge in [0, 0.05) is 25.3 Å². The first-order valence-corrected chi connectivity index (χ1v) is 10.1. The number of hydrogen-bond donors (Lipinski definition) is 3. The van der Waals surface area contributed by atoms with E-state index in [-0.39, 0.29) is 43.8 Å². The molecule has 1 aliphatic rings. The van der Waals surface area contributed by atoms with Crippen molar-refractivity contribution >= 4 is 5.91 Å². The fourth-order valence-corrected chi connectivity index (χ4v) is 3.39. The molecule has 148 valence electrons. The van der Waals surface area contributed by atoms with Crippen LogP contribution >= 0.6 is 0 Å². The molecule has 6 nitrogen and oxygen atoms in total. The highest BCUT2D eigenvalue weighted by Crippen LogP contribution is 2.17. The molecule has 1 amide bonds. The fourth-order valence-electron chi connectivity index (χ4n) is 3.39. The van der Waals surface area contributed by atoms with E-state index in [2.05, 4.69) is 5.32 Å². The topological polar surface area (TPSA) is 96.6 Å². The molecule has 0 aromatic carbocycles. The molecule has 0 aromatic heterocycles. The Balaban J connectivity index is 2.64. The summed E-state index contributed by atoms with van der Waals surface area (Å²) in [6.07, 6.45) is 14.5. The molecule has 0 aromatic rings. The molecule has 0 atom stereocenters. The number of carbonyl (C=O) groups excluding carboxylic acids is 1. The van der Waals surface area contributed by atoms with Gasteiger partial charge in [0.1, 0.15) is 11.6 Å². The highest BCUT2D eigenvalue weighted by molar-refractivity contribution is 5.97. The van der Waals surface area contributed by atoms with Crippen LogP contribution in [0.25, 0.3) is 0 Å². The summed E-state index contributed by atoms with van der Waals surface area (Å²) in [7, 11) is 0. The monoisotopic (exact) mass is 365 g/mol. The maximum atomic E-state index is 12.5. The highest BCUT2D eigenvalue weighted by atomic mass is 16.3. The van der Waals surface area contributed by atoms with Crippen molar-refractivity contribution in [2.75, 3.05) is 26.3 Å². The van der Waals surface area contributed by atoms with Crippen LogP contribution in [0.2, 0.25) is 0 Å². The lowest BCUT2D eigenvalue weighted by atomic mass is 9.97. The molecule has 0 saturated heterocycles. The average molecular weight is 366 g/mol. The van der Waals surface area contributed by atoms with E-state index in [1.807, 2.05) is 6.07 Å². The predicted octanol–water partition coefficient (Wildman–Crippen LogP) is 2.47. The molecular weight excluding hydrogens is 330 g/mol. The minimum absolute atomic E-state index is 0.0259. The Hall–Kier alpha value is -1.58. The second-order valence-corrected chi connectivity index (χ2v) is 7.07. The first-order chi connectivity index (χ1) is 12.7. The second kappa shape index (κ2) is 14.6. The molecule has 0 spiro atoms. The van der Waals surface area contributed by atoms with E-state index in [0.29, 0.717) is 0 Å². The summed E-state index contributed by atoms with van der Waals surface area (Å²) < 4.78 is 0. The predicted molar refractivity (Wildman–Crippen MR) is 102 cm³/mol. The van der Waals surface area contributed by atoms with E-state index in [0.717, 1.165) is 25.7 Å². The molecule has 0 radical (unpaired) electrons. The number of hydrogen-bond acceptors (Lipinski definition) is 5. The summed E-state index contributed by atoms with van der Waals surface area (Å²) in [5.41, 5.74) is 0.0259. The quantitative estimate of drug-likeness (QED) is 0.476. The highest BCUT2D eigenvalue weighted by Gasteiger charge is 2.17. The van der Waals surface area contributed by atoms with Crippen molar-refractivity contribution in [1.29, 1.82) is 5.26 Å². The van der Waals surface area contributed by atoms with Crippen molar-refractivity contribution in [3.05, 3.63) is 11.8 Å². The molecular formula is C20H35N3O3. The zero-order chi connectivity index (χ0) is 19.0. The summed E-state index contributed by atoms with van der Waals surface area (Å²) in [4.78, 5) is 14.1. The van der Waals surface area contributed by atoms with Gasteiger partial charge in [-0.3, -0.25) is 4.79 Å². The summed E-state index contributed by atoms with van der Waals surface area (Å²) in [5, 5.41) is 30.5. The number of nitrogens with one attached hydrogen (secondary N) is 1. The minimum atomic E-state index is -0.356. The van der Waals surface area contributed by atoms with Crippen molar-refractivity contribution in [3.8, 4) is 6.07 Å². The van der Waals surface area contributed by atoms with Crippen LogP contribution in [-0.2, 0) is 4.79 Å². The van der Waals surface area contributed by atoms with Crippen molar-refractivity contribution in [1.82, 2.24) is 10.2 Å². The van der Waals surface area contributed by atoms with Gasteiger partial charge in [0.05, 0.1) is 13.2 Å². The summed E-state index contributed by atoms with van der Waals surface area (Å²) in [5.74, 6) is -0.356. The molecule has 1 fully saturated rings. The van der Waals surface area contributed by atoms with Crippen LogP contribution < -0.4 is 5.32 Å². The summed E-state index contributed by atoms with van der Waals surface area (Å²) in [6.45, 7) is 0.365. The second-order valence-electron chi connectivity index (χ2n) is 7.07. The zero-order valence-electron chi connectivity index (χ0n) is 16.0. The summed E-state index contributed by atoms with van der Waals surface area (Å²) in [6, 6.07) is 2.07. The Kier molecular flexibility index (Phi) is 12.6. The van der Waals surface area contributed by atoms with Gasteiger partial charge >= 0.3 is 0 Å². The van der Waals surface area contributed by atoms with Crippen LogP contribution in [0.4, 0.5) is 0 Å². The van der Waals surface area contributed by atoms with Crippen LogP contribution in [0, 0.1) is 11.3 Å². The van der Waals surface area contributed by atoms with Crippen molar-refractivity contribution in [3.63, 3.8) is 0 Å². The Morgan fingerprint density at radius 2 is 1.42 bits per heavy atom. The van der Waals surface area contributed by atoms with Crippen LogP contribution in [0.1, 0.15) is 70.6 Å². The van der Waals surface area contributed by atoms with Gasteiger partial charge in [0.2, 0.25) is 0 Å². The number of nitriles is 1. The Labute approximate surface area is 157 Å². The summed E-state index contributed by atoms with van der Waals surface area (Å²) >= 11 is 0. The molecule has 0 bridgehead atoms. The maximum absolute atomic E-state index is 12.5. The van der Waals surface area contributed by atoms with Gasteiger partial charge in [-0.2, -0.15) is 5.26 Å². The van der Waals surface area contributed by atoms with E-state index < -0.39 is 0 Å². The number of rotatable bonds is 7. The van der Waals surface area contributed by atoms with E-state index in [9.17, 15) is 10.1 Å². The SMILES string of the molecule is N#C/C(=C/N(CCO)CCO)C(=O)NC1CCCCCCCCCCC1. The molecule has 0 heterocycles. The Morgan fingerprint density at radius 3 is 1.85 bits per heavy atom. The van der Waals surface area contributed by atoms with Gasteiger partial charge in [-0.15, -0.1) is 0 Å². The smallest absolute Gasteiger partial charge is 0.263 e. The lowest BCUT2D eigenvalue weighted by molar-refractivity contribution is -0.118. The van der Waals surface area contributed by atoms with Gasteiger partial charge in [0.15, 0.2) is 0 Å². The number of amides is 1. The first kappa shape index (κ1) is 22.5. The third-order valence-electron chi connectivity index (χ3n) is 4.89. The standard InChI is InChI=1S/C20H35N3O3/c21-16-18(17-23(12-14-24)13-15-25)20(26)22-19-10-8-6-4-2-1-3-5-7-9-11-19/h17,19,24-25H,1-15H2,(H,22,26)/b18-17-. The van der Waals surface area contributed by atoms with Crippen LogP contribution in [0.3, 0.4) is 0 Å². The molecule has 0 unspecified atom stereocenters. The van der Waals surface area contributed by atoms with Gasteiger partial charge in [0.25, 0.3) is 5.91 Å². The molecule has 0 aliphatic heterocycles. The largest absolute Gasteiger partial charge is 0.395 e. The van der Waals surface area contributed by atoms with Gasteiger partial charge in [-0.05, 0) is 12.8 Å². The van der Waals surface area contributed by atoms with Gasteiger partial charge in [-0.25, -0.2) is 0 Å². The van der Waals surface area contributed by atoms with Crippen LogP contribution in [0.5, 0.6) is 0 Å². The van der Waals surface area contributed by atoms with Crippen molar-refractivity contribution in [2.24, 2.45) is 0 Å². The van der Waals surface area contributed by atoms with Gasteiger partial charge < -0.3 is 20.4 Å². The number of carbonyl (C=O) groups is 1. The van der Waals surface area contributed by atoms with Crippen molar-refractivity contribution in [2.45, 2.75) is 76.7 Å².